The van der Waals surface area contributed by atoms with Crippen LogP contribution in [-0.2, 0) is 0 Å². The fourth-order valence-corrected chi connectivity index (χ4v) is 3.51. The van der Waals surface area contributed by atoms with Gasteiger partial charge in [-0.05, 0) is 78.7 Å². The van der Waals surface area contributed by atoms with Gasteiger partial charge in [0, 0.05) is 17.1 Å². The third-order valence-electron chi connectivity index (χ3n) is 5.36. The van der Waals surface area contributed by atoms with E-state index in [-0.39, 0.29) is 0 Å². The number of ether oxygens (including phenoxy) is 2. The number of hydrogen-bond acceptors (Lipinski definition) is 3. The Bertz CT molecular complexity index is 1110. The molecule has 0 aliphatic carbocycles. The van der Waals surface area contributed by atoms with E-state index in [0.717, 1.165) is 34.1 Å². The number of rotatable bonds is 7. The number of aryl methyl sites for hydroxylation is 1. The van der Waals surface area contributed by atoms with Gasteiger partial charge in [0.05, 0.1) is 14.2 Å². The maximum Gasteiger partial charge on any atom is 0.119 e. The van der Waals surface area contributed by atoms with Crippen molar-refractivity contribution in [2.75, 3.05) is 19.1 Å². The van der Waals surface area contributed by atoms with Crippen LogP contribution in [0.2, 0.25) is 0 Å². The second-order valence-electron chi connectivity index (χ2n) is 7.57. The summed E-state index contributed by atoms with van der Waals surface area (Å²) in [5.74, 6) is 1.67. The number of methoxy groups -OCH3 is 2. The van der Waals surface area contributed by atoms with Crippen molar-refractivity contribution in [1.82, 2.24) is 0 Å². The Balaban J connectivity index is 1.64. The minimum absolute atomic E-state index is 0.833. The predicted octanol–water partition coefficient (Wildman–Crippen LogP) is 7.65. The molecule has 0 aliphatic rings. The molecule has 4 aromatic rings. The normalized spacial score (nSPS) is 10.8. The lowest BCUT2D eigenvalue weighted by Crippen LogP contribution is -2.09. The van der Waals surface area contributed by atoms with Gasteiger partial charge in [0.1, 0.15) is 11.5 Å². The van der Waals surface area contributed by atoms with Gasteiger partial charge in [-0.1, -0.05) is 54.1 Å². The molecular formula is C29H27NO2. The summed E-state index contributed by atoms with van der Waals surface area (Å²) in [4.78, 5) is 2.21. The summed E-state index contributed by atoms with van der Waals surface area (Å²) in [7, 11) is 3.36. The van der Waals surface area contributed by atoms with Crippen LogP contribution in [0.15, 0.2) is 97.1 Å². The maximum absolute atomic E-state index is 5.33. The molecule has 0 fully saturated rings. The first-order chi connectivity index (χ1) is 15.7. The number of nitrogens with zero attached hydrogens (tertiary/aromatic N) is 1. The van der Waals surface area contributed by atoms with Crippen LogP contribution in [0.25, 0.3) is 12.2 Å². The number of benzene rings is 4. The molecule has 160 valence electrons. The lowest BCUT2D eigenvalue weighted by atomic mass is 10.1. The van der Waals surface area contributed by atoms with E-state index in [1.807, 2.05) is 24.3 Å². The Hall–Kier alpha value is -3.98. The van der Waals surface area contributed by atoms with E-state index in [2.05, 4.69) is 96.8 Å². The molecule has 4 aromatic carbocycles. The quantitative estimate of drug-likeness (QED) is 0.286. The van der Waals surface area contributed by atoms with E-state index in [1.165, 1.54) is 11.1 Å². The largest absolute Gasteiger partial charge is 0.497 e. The van der Waals surface area contributed by atoms with E-state index in [9.17, 15) is 0 Å². The predicted molar refractivity (Wildman–Crippen MR) is 134 cm³/mol. The highest BCUT2D eigenvalue weighted by atomic mass is 16.5. The molecule has 0 bridgehead atoms. The molecule has 0 N–H and O–H groups in total. The molecule has 32 heavy (non-hydrogen) atoms. The van der Waals surface area contributed by atoms with Gasteiger partial charge in [-0.2, -0.15) is 0 Å². The Kier molecular flexibility index (Phi) is 6.57. The van der Waals surface area contributed by atoms with Crippen LogP contribution in [0.3, 0.4) is 0 Å². The highest BCUT2D eigenvalue weighted by molar-refractivity contribution is 5.78. The lowest BCUT2D eigenvalue weighted by Gasteiger charge is -2.26. The minimum atomic E-state index is 0.833. The summed E-state index contributed by atoms with van der Waals surface area (Å²) in [5, 5.41) is 0. The van der Waals surface area contributed by atoms with E-state index < -0.39 is 0 Å². The Labute approximate surface area is 190 Å². The first-order valence-corrected chi connectivity index (χ1v) is 10.6. The Morgan fingerprint density at radius 3 is 1.22 bits per heavy atom. The van der Waals surface area contributed by atoms with Gasteiger partial charge in [0.2, 0.25) is 0 Å². The Morgan fingerprint density at radius 1 is 0.500 bits per heavy atom. The highest BCUT2D eigenvalue weighted by Crippen LogP contribution is 2.36. The zero-order valence-electron chi connectivity index (χ0n) is 18.7. The molecule has 0 atom stereocenters. The van der Waals surface area contributed by atoms with Gasteiger partial charge in [0.15, 0.2) is 0 Å². The van der Waals surface area contributed by atoms with Gasteiger partial charge >= 0.3 is 0 Å². The summed E-state index contributed by atoms with van der Waals surface area (Å²) >= 11 is 0. The van der Waals surface area contributed by atoms with Gasteiger partial charge in [-0.25, -0.2) is 0 Å². The van der Waals surface area contributed by atoms with Crippen molar-refractivity contribution >= 4 is 29.2 Å². The van der Waals surface area contributed by atoms with E-state index in [4.69, 9.17) is 9.47 Å². The molecule has 0 aliphatic heterocycles. The van der Waals surface area contributed by atoms with E-state index >= 15 is 0 Å². The van der Waals surface area contributed by atoms with Crippen LogP contribution in [0.1, 0.15) is 16.7 Å². The summed E-state index contributed by atoms with van der Waals surface area (Å²) < 4.78 is 10.7. The van der Waals surface area contributed by atoms with E-state index in [1.54, 1.807) is 14.2 Å². The van der Waals surface area contributed by atoms with Crippen molar-refractivity contribution in [1.29, 1.82) is 0 Å². The molecule has 0 saturated heterocycles. The molecule has 0 radical (unpaired) electrons. The van der Waals surface area contributed by atoms with Crippen molar-refractivity contribution in [3.63, 3.8) is 0 Å². The molecule has 0 saturated carbocycles. The first kappa shape index (κ1) is 21.3. The number of anilines is 3. The molecule has 0 amide bonds. The van der Waals surface area contributed by atoms with Crippen molar-refractivity contribution in [3.8, 4) is 11.5 Å². The average Bonchev–Trinajstić information content (AvgIpc) is 2.85. The standard InChI is InChI=1S/C29H27NO2/c1-22-4-6-23(7-5-22)8-9-24-10-12-25(13-11-24)30(26-14-18-28(31-2)19-15-26)27-16-20-29(32-3)21-17-27/h4-21H,1-3H3/b9-8+. The topological polar surface area (TPSA) is 21.7 Å². The molecule has 0 heterocycles. The van der Waals surface area contributed by atoms with Crippen LogP contribution >= 0.6 is 0 Å². The molecule has 3 nitrogen and oxygen atoms in total. The van der Waals surface area contributed by atoms with Gasteiger partial charge in [-0.15, -0.1) is 0 Å². The minimum Gasteiger partial charge on any atom is -0.497 e. The summed E-state index contributed by atoms with van der Waals surface area (Å²) in [6.07, 6.45) is 4.28. The van der Waals surface area contributed by atoms with Gasteiger partial charge < -0.3 is 14.4 Å². The smallest absolute Gasteiger partial charge is 0.119 e. The second-order valence-corrected chi connectivity index (χ2v) is 7.57. The summed E-state index contributed by atoms with van der Waals surface area (Å²) in [6, 6.07) is 33.3. The third kappa shape index (κ3) is 5.01. The molecular weight excluding hydrogens is 394 g/mol. The average molecular weight is 422 g/mol. The molecule has 0 unspecified atom stereocenters. The monoisotopic (exact) mass is 421 g/mol. The number of hydrogen-bond donors (Lipinski definition) is 0. The van der Waals surface area contributed by atoms with Gasteiger partial charge in [-0.3, -0.25) is 0 Å². The van der Waals surface area contributed by atoms with E-state index in [0.29, 0.717) is 0 Å². The maximum atomic E-state index is 5.33. The zero-order chi connectivity index (χ0) is 22.3. The van der Waals surface area contributed by atoms with Crippen molar-refractivity contribution in [2.24, 2.45) is 0 Å². The lowest BCUT2D eigenvalue weighted by molar-refractivity contribution is 0.415. The summed E-state index contributed by atoms with van der Waals surface area (Å²) in [6.45, 7) is 2.10. The van der Waals surface area contributed by atoms with Crippen LogP contribution in [0.4, 0.5) is 17.1 Å². The van der Waals surface area contributed by atoms with Gasteiger partial charge in [0.25, 0.3) is 0 Å². The van der Waals surface area contributed by atoms with Crippen LogP contribution < -0.4 is 14.4 Å². The SMILES string of the molecule is COc1ccc(N(c2ccc(/C=C/c3ccc(C)cc3)cc2)c2ccc(OC)cc2)cc1. The molecule has 3 heteroatoms. The fourth-order valence-electron chi connectivity index (χ4n) is 3.51. The van der Waals surface area contributed by atoms with Crippen molar-refractivity contribution < 1.29 is 9.47 Å². The molecule has 4 rings (SSSR count). The van der Waals surface area contributed by atoms with Crippen LogP contribution in [0, 0.1) is 6.92 Å². The van der Waals surface area contributed by atoms with Crippen LogP contribution in [0.5, 0.6) is 11.5 Å². The summed E-state index contributed by atoms with van der Waals surface area (Å²) in [5.41, 5.74) is 6.80. The van der Waals surface area contributed by atoms with Crippen molar-refractivity contribution in [3.05, 3.63) is 114 Å². The molecule has 0 spiro atoms. The molecule has 0 aromatic heterocycles. The first-order valence-electron chi connectivity index (χ1n) is 10.6. The zero-order valence-corrected chi connectivity index (χ0v) is 18.7. The third-order valence-corrected chi connectivity index (χ3v) is 5.36. The fraction of sp³-hybridized carbons (Fsp3) is 0.103. The second kappa shape index (κ2) is 9.88. The van der Waals surface area contributed by atoms with Crippen molar-refractivity contribution in [2.45, 2.75) is 6.92 Å². The van der Waals surface area contributed by atoms with Crippen LogP contribution in [-0.4, -0.2) is 14.2 Å². The highest BCUT2D eigenvalue weighted by Gasteiger charge is 2.12. The Morgan fingerprint density at radius 2 is 0.844 bits per heavy atom.